The number of imide groups is 1. The molecule has 1 aromatic heterocycles. The van der Waals surface area contributed by atoms with Crippen molar-refractivity contribution in [1.29, 1.82) is 0 Å². The van der Waals surface area contributed by atoms with Crippen LogP contribution in [0.1, 0.15) is 29.5 Å². The van der Waals surface area contributed by atoms with Gasteiger partial charge >= 0.3 is 0 Å². The first-order chi connectivity index (χ1) is 15.6. The Morgan fingerprint density at radius 3 is 2.25 bits per heavy atom. The van der Waals surface area contributed by atoms with E-state index in [0.29, 0.717) is 0 Å². The topological polar surface area (TPSA) is 54.7 Å². The summed E-state index contributed by atoms with van der Waals surface area (Å²) in [6, 6.07) is 16.7. The highest BCUT2D eigenvalue weighted by atomic mass is 16.2. The van der Waals surface area contributed by atoms with Gasteiger partial charge in [-0.15, -0.1) is 0 Å². The maximum absolute atomic E-state index is 13.1. The van der Waals surface area contributed by atoms with Crippen LogP contribution >= 0.6 is 0 Å². The third-order valence-electron chi connectivity index (χ3n) is 7.34. The molecule has 3 aliphatic carbocycles. The van der Waals surface area contributed by atoms with Gasteiger partial charge in [0.15, 0.2) is 0 Å². The van der Waals surface area contributed by atoms with E-state index in [0.717, 1.165) is 40.9 Å². The molecule has 5 heteroatoms. The van der Waals surface area contributed by atoms with Crippen LogP contribution < -0.4 is 0 Å². The van der Waals surface area contributed by atoms with Crippen LogP contribution in [-0.2, 0) is 16.1 Å². The van der Waals surface area contributed by atoms with Crippen LogP contribution in [0.3, 0.4) is 0 Å². The number of hydrogen-bond donors (Lipinski definition) is 0. The number of rotatable bonds is 4. The summed E-state index contributed by atoms with van der Waals surface area (Å²) in [6.45, 7) is 2.83. The van der Waals surface area contributed by atoms with Crippen molar-refractivity contribution in [3.05, 3.63) is 83.6 Å². The van der Waals surface area contributed by atoms with E-state index >= 15 is 0 Å². The minimum absolute atomic E-state index is 0.140. The van der Waals surface area contributed by atoms with Crippen molar-refractivity contribution >= 4 is 28.9 Å². The maximum atomic E-state index is 13.1. The zero-order valence-electron chi connectivity index (χ0n) is 18.0. The second kappa shape index (κ2) is 7.30. The van der Waals surface area contributed by atoms with Crippen molar-refractivity contribution in [1.82, 2.24) is 9.58 Å². The van der Waals surface area contributed by atoms with E-state index in [1.807, 2.05) is 12.1 Å². The standard InChI is InChI=1S/C27H25N3O2/c1-17-6-8-18(9-7-17)15-29-16-21(22-4-2-3-5-23(22)29)14-28-30-26(31)24-19-10-11-20(13-12-19)25(24)27(30)32/h2-11,14,16,19-20,24-25H,12-13,15H2,1H3/b28-14-/t19-,20-,24+,25+/m0/s1. The number of hydrogen-bond acceptors (Lipinski definition) is 3. The van der Waals surface area contributed by atoms with Gasteiger partial charge in [-0.1, -0.05) is 60.2 Å². The summed E-state index contributed by atoms with van der Waals surface area (Å²) in [4.78, 5) is 26.1. The molecule has 0 radical (unpaired) electrons. The normalized spacial score (nSPS) is 26.6. The van der Waals surface area contributed by atoms with Crippen molar-refractivity contribution in [3.8, 4) is 0 Å². The largest absolute Gasteiger partial charge is 0.342 e. The number of benzene rings is 2. The van der Waals surface area contributed by atoms with Crippen LogP contribution in [0.4, 0.5) is 0 Å². The van der Waals surface area contributed by atoms with Gasteiger partial charge in [-0.2, -0.15) is 10.1 Å². The molecule has 0 N–H and O–H groups in total. The number of amides is 2. The molecule has 7 rings (SSSR count). The van der Waals surface area contributed by atoms with Gasteiger partial charge in [0.25, 0.3) is 11.8 Å². The Balaban J connectivity index is 1.32. The molecular weight excluding hydrogens is 398 g/mol. The summed E-state index contributed by atoms with van der Waals surface area (Å²) in [5.74, 6) is -0.383. The lowest BCUT2D eigenvalue weighted by atomic mass is 9.63. The Kier molecular flexibility index (Phi) is 4.39. The smallest absolute Gasteiger partial charge is 0.254 e. The molecule has 2 aromatic carbocycles. The van der Waals surface area contributed by atoms with Crippen molar-refractivity contribution in [2.24, 2.45) is 28.8 Å². The summed E-state index contributed by atoms with van der Waals surface area (Å²) in [7, 11) is 0. The van der Waals surface area contributed by atoms with E-state index in [1.54, 1.807) is 6.21 Å². The molecule has 2 bridgehead atoms. The summed E-state index contributed by atoms with van der Waals surface area (Å²) >= 11 is 0. The van der Waals surface area contributed by atoms with Gasteiger partial charge in [0.2, 0.25) is 0 Å². The molecule has 1 aliphatic heterocycles. The van der Waals surface area contributed by atoms with Gasteiger partial charge in [0, 0.05) is 29.2 Å². The summed E-state index contributed by atoms with van der Waals surface area (Å²) < 4.78 is 2.19. The second-order valence-electron chi connectivity index (χ2n) is 9.29. The molecule has 2 amide bonds. The molecule has 4 aliphatic rings. The molecule has 32 heavy (non-hydrogen) atoms. The summed E-state index contributed by atoms with van der Waals surface area (Å²) in [6.07, 6.45) is 9.98. The molecule has 4 atom stereocenters. The maximum Gasteiger partial charge on any atom is 0.254 e. The molecule has 0 unspecified atom stereocenters. The van der Waals surface area contributed by atoms with Crippen LogP contribution in [0.2, 0.25) is 0 Å². The fourth-order valence-corrected chi connectivity index (χ4v) is 5.69. The van der Waals surface area contributed by atoms with E-state index in [-0.39, 0.29) is 35.5 Å². The molecule has 1 saturated heterocycles. The van der Waals surface area contributed by atoms with Gasteiger partial charge in [0.1, 0.15) is 0 Å². The molecule has 5 nitrogen and oxygen atoms in total. The van der Waals surface area contributed by atoms with Crippen molar-refractivity contribution in [2.75, 3.05) is 0 Å². The van der Waals surface area contributed by atoms with Gasteiger partial charge in [-0.05, 0) is 43.2 Å². The van der Waals surface area contributed by atoms with Crippen molar-refractivity contribution in [3.63, 3.8) is 0 Å². The van der Waals surface area contributed by atoms with Crippen LogP contribution in [-0.4, -0.2) is 27.6 Å². The van der Waals surface area contributed by atoms with E-state index in [9.17, 15) is 9.59 Å². The minimum Gasteiger partial charge on any atom is -0.342 e. The quantitative estimate of drug-likeness (QED) is 0.352. The molecule has 2 fully saturated rings. The molecule has 2 heterocycles. The van der Waals surface area contributed by atoms with Crippen molar-refractivity contribution in [2.45, 2.75) is 26.3 Å². The van der Waals surface area contributed by atoms with E-state index < -0.39 is 0 Å². The highest BCUT2D eigenvalue weighted by Crippen LogP contribution is 2.49. The van der Waals surface area contributed by atoms with E-state index in [1.165, 1.54) is 11.1 Å². The summed E-state index contributed by atoms with van der Waals surface area (Å²) in [5.41, 5.74) is 4.47. The number of aromatic nitrogens is 1. The predicted octanol–water partition coefficient (Wildman–Crippen LogP) is 4.53. The van der Waals surface area contributed by atoms with E-state index in [2.05, 4.69) is 71.3 Å². The second-order valence-corrected chi connectivity index (χ2v) is 9.29. The lowest BCUT2D eigenvalue weighted by Gasteiger charge is -2.37. The van der Waals surface area contributed by atoms with Crippen LogP contribution in [0, 0.1) is 30.6 Å². The Hall–Kier alpha value is -3.47. The third-order valence-corrected chi connectivity index (χ3v) is 7.34. The van der Waals surface area contributed by atoms with Crippen LogP contribution in [0.15, 0.2) is 72.0 Å². The Bertz CT molecular complexity index is 1250. The average Bonchev–Trinajstić information content (AvgIpc) is 3.31. The monoisotopic (exact) mass is 423 g/mol. The molecule has 3 aromatic rings. The first-order valence-corrected chi connectivity index (χ1v) is 11.3. The Morgan fingerprint density at radius 1 is 0.938 bits per heavy atom. The number of fused-ring (bicyclic) bond motifs is 2. The number of nitrogens with zero attached hydrogens (tertiary/aromatic N) is 3. The number of aryl methyl sites for hydroxylation is 1. The van der Waals surface area contributed by atoms with Gasteiger partial charge in [-0.25, -0.2) is 0 Å². The third kappa shape index (κ3) is 2.95. The van der Waals surface area contributed by atoms with Gasteiger partial charge in [-0.3, -0.25) is 9.59 Å². The number of carbonyl (C=O) groups is 2. The van der Waals surface area contributed by atoms with Gasteiger partial charge in [0.05, 0.1) is 18.1 Å². The lowest BCUT2D eigenvalue weighted by Crippen LogP contribution is -2.38. The Morgan fingerprint density at radius 2 is 1.59 bits per heavy atom. The first kappa shape index (κ1) is 19.2. The van der Waals surface area contributed by atoms with E-state index in [4.69, 9.17) is 0 Å². The lowest BCUT2D eigenvalue weighted by molar-refractivity contribution is -0.140. The number of allylic oxidation sites excluding steroid dienone is 2. The van der Waals surface area contributed by atoms with Crippen molar-refractivity contribution < 1.29 is 9.59 Å². The summed E-state index contributed by atoms with van der Waals surface area (Å²) in [5, 5.41) is 6.62. The number of carbonyl (C=O) groups excluding carboxylic acids is 2. The molecular formula is C27H25N3O2. The Labute approximate surface area is 187 Å². The fourth-order valence-electron chi connectivity index (χ4n) is 5.69. The molecule has 0 spiro atoms. The highest BCUT2D eigenvalue weighted by Gasteiger charge is 2.56. The van der Waals surface area contributed by atoms with Gasteiger partial charge < -0.3 is 4.57 Å². The fraction of sp³-hybridized carbons (Fsp3) is 0.296. The van der Waals surface area contributed by atoms with Crippen LogP contribution in [0.5, 0.6) is 0 Å². The SMILES string of the molecule is Cc1ccc(Cn2cc(/C=N\N3C(=O)[C@H]4[C@H](C3=O)[C@H]3C=C[C@H]4CC3)c3ccccc32)cc1. The average molecular weight is 424 g/mol. The first-order valence-electron chi connectivity index (χ1n) is 11.3. The molecule has 1 saturated carbocycles. The minimum atomic E-state index is -0.230. The predicted molar refractivity (Wildman–Crippen MR) is 124 cm³/mol. The van der Waals surface area contributed by atoms with Crippen LogP contribution in [0.25, 0.3) is 10.9 Å². The zero-order valence-corrected chi connectivity index (χ0v) is 18.0. The highest BCUT2D eigenvalue weighted by molar-refractivity contribution is 6.07. The number of hydrazone groups is 1. The zero-order chi connectivity index (χ0) is 21.8. The molecule has 160 valence electrons. The number of para-hydroxylation sites is 1.